The van der Waals surface area contributed by atoms with E-state index in [0.717, 1.165) is 25.2 Å². The van der Waals surface area contributed by atoms with Crippen molar-refractivity contribution in [2.45, 2.75) is 30.6 Å². The normalized spacial score (nSPS) is 17.0. The molecule has 4 aromatic rings. The first kappa shape index (κ1) is 23.5. The van der Waals surface area contributed by atoms with Gasteiger partial charge in [0.2, 0.25) is 10.0 Å². The largest absolute Gasteiger partial charge is 0.370 e. The number of sulfonamides is 1. The Morgan fingerprint density at radius 1 is 1.16 bits per heavy atom. The van der Waals surface area contributed by atoms with Gasteiger partial charge in [0.15, 0.2) is 5.65 Å². The highest BCUT2D eigenvalue weighted by atomic mass is 32.2. The third-order valence-corrected chi connectivity index (χ3v) is 8.61. The molecule has 1 aromatic carbocycles. The fourth-order valence-corrected chi connectivity index (χ4v) is 6.08. The van der Waals surface area contributed by atoms with Gasteiger partial charge < -0.3 is 20.6 Å². The van der Waals surface area contributed by atoms with Crippen molar-refractivity contribution in [1.29, 1.82) is 0 Å². The molecule has 2 fully saturated rings. The molecule has 12 heteroatoms. The van der Waals surface area contributed by atoms with Gasteiger partial charge in [0.1, 0.15) is 11.6 Å². The van der Waals surface area contributed by atoms with E-state index in [9.17, 15) is 13.2 Å². The molecule has 6 rings (SSSR count). The van der Waals surface area contributed by atoms with Crippen LogP contribution in [0.5, 0.6) is 0 Å². The molecule has 0 amide bonds. The molecule has 0 spiro atoms. The van der Waals surface area contributed by atoms with Crippen LogP contribution >= 0.6 is 0 Å². The van der Waals surface area contributed by atoms with Gasteiger partial charge in [0, 0.05) is 37.0 Å². The summed E-state index contributed by atoms with van der Waals surface area (Å²) in [5.41, 5.74) is 1.55. The molecular formula is C25H28N8O3S. The minimum absolute atomic E-state index is 0.255. The summed E-state index contributed by atoms with van der Waals surface area (Å²) in [5, 5.41) is 12.3. The second kappa shape index (κ2) is 9.20. The van der Waals surface area contributed by atoms with Crippen molar-refractivity contribution in [1.82, 2.24) is 28.9 Å². The second-order valence-electron chi connectivity index (χ2n) is 9.57. The molecule has 4 heterocycles. The Morgan fingerprint density at radius 2 is 1.97 bits per heavy atom. The van der Waals surface area contributed by atoms with Crippen LogP contribution in [0.15, 0.2) is 46.2 Å². The minimum atomic E-state index is -3.54. The van der Waals surface area contributed by atoms with E-state index in [2.05, 4.69) is 32.3 Å². The number of fused-ring (bicyclic) bond motifs is 1. The lowest BCUT2D eigenvalue weighted by atomic mass is 10.3. The Balaban J connectivity index is 1.38. The van der Waals surface area contributed by atoms with Crippen LogP contribution in [-0.2, 0) is 10.0 Å². The van der Waals surface area contributed by atoms with Crippen LogP contribution in [0.2, 0.25) is 0 Å². The van der Waals surface area contributed by atoms with Gasteiger partial charge in [-0.15, -0.1) is 0 Å². The van der Waals surface area contributed by atoms with Gasteiger partial charge in [0.25, 0.3) is 0 Å². The predicted octanol–water partition coefficient (Wildman–Crippen LogP) is 1.33. The zero-order valence-corrected chi connectivity index (χ0v) is 21.0. The van der Waals surface area contributed by atoms with Gasteiger partial charge in [-0.25, -0.2) is 18.2 Å². The highest BCUT2D eigenvalue weighted by molar-refractivity contribution is 7.89. The molecule has 0 unspecified atom stereocenters. The Bertz CT molecular complexity index is 1740. The molecule has 1 saturated carbocycles. The highest BCUT2D eigenvalue weighted by Crippen LogP contribution is 2.30. The van der Waals surface area contributed by atoms with E-state index in [1.54, 1.807) is 35.0 Å². The zero-order chi connectivity index (χ0) is 25.6. The highest BCUT2D eigenvalue weighted by Gasteiger charge is 2.27. The first-order valence-electron chi connectivity index (χ1n) is 12.4. The second-order valence-corrected chi connectivity index (χ2v) is 11.5. The number of anilines is 3. The molecule has 3 aromatic heterocycles. The number of hydrogen-bond acceptors (Lipinski definition) is 7. The summed E-state index contributed by atoms with van der Waals surface area (Å²) in [6, 6.07) is 8.66. The minimum Gasteiger partial charge on any atom is -0.370 e. The summed E-state index contributed by atoms with van der Waals surface area (Å²) in [5.74, 6) is 1.94. The fraction of sp³-hybridized carbons (Fsp3) is 0.320. The maximum Gasteiger partial charge on any atom is 0.323 e. The summed E-state index contributed by atoms with van der Waals surface area (Å²) in [6.45, 7) is 5.79. The van der Waals surface area contributed by atoms with Gasteiger partial charge >= 0.3 is 5.69 Å². The molecule has 1 aliphatic heterocycles. The van der Waals surface area contributed by atoms with E-state index >= 15 is 0 Å². The third kappa shape index (κ3) is 4.77. The van der Waals surface area contributed by atoms with Crippen LogP contribution < -0.4 is 27.0 Å². The molecule has 2 aliphatic rings. The molecule has 11 nitrogen and oxygen atoms in total. The third-order valence-electron chi connectivity index (χ3n) is 6.71. The molecule has 0 radical (unpaired) electrons. The van der Waals surface area contributed by atoms with Crippen molar-refractivity contribution in [2.75, 3.05) is 30.3 Å². The van der Waals surface area contributed by atoms with Crippen molar-refractivity contribution in [3.05, 3.63) is 63.3 Å². The van der Waals surface area contributed by atoms with Gasteiger partial charge in [-0.1, -0.05) is 12.6 Å². The fourth-order valence-electron chi connectivity index (χ4n) is 4.51. The maximum atomic E-state index is 13.1. The number of nitrogens with zero attached hydrogens (tertiary/aromatic N) is 4. The molecule has 0 atom stereocenters. The molecule has 1 saturated heterocycles. The number of H-pyrrole nitrogens is 2. The van der Waals surface area contributed by atoms with Crippen molar-refractivity contribution in [3.8, 4) is 0 Å². The van der Waals surface area contributed by atoms with Crippen LogP contribution in [0.1, 0.15) is 31.2 Å². The zero-order valence-electron chi connectivity index (χ0n) is 20.2. The summed E-state index contributed by atoms with van der Waals surface area (Å²) >= 11 is 0. The summed E-state index contributed by atoms with van der Waals surface area (Å²) in [6.07, 6.45) is 7.63. The van der Waals surface area contributed by atoms with Gasteiger partial charge in [-0.3, -0.25) is 0 Å². The average molecular weight is 521 g/mol. The Labute approximate surface area is 213 Å². The van der Waals surface area contributed by atoms with Crippen LogP contribution in [0.25, 0.3) is 18.3 Å². The molecule has 4 N–H and O–H groups in total. The van der Waals surface area contributed by atoms with Crippen LogP contribution in [0.3, 0.4) is 0 Å². The topological polar surface area (TPSA) is 140 Å². The lowest BCUT2D eigenvalue weighted by Crippen LogP contribution is -2.27. The van der Waals surface area contributed by atoms with Gasteiger partial charge in [0.05, 0.1) is 21.8 Å². The number of aromatic nitrogens is 5. The van der Waals surface area contributed by atoms with Crippen molar-refractivity contribution in [2.24, 2.45) is 5.92 Å². The van der Waals surface area contributed by atoms with Crippen molar-refractivity contribution >= 4 is 45.6 Å². The van der Waals surface area contributed by atoms with E-state index in [1.165, 1.54) is 17.1 Å². The lowest BCUT2D eigenvalue weighted by molar-refractivity contribution is 0.477. The number of nitrogens with one attached hydrogen (secondary N) is 4. The van der Waals surface area contributed by atoms with E-state index in [4.69, 9.17) is 4.98 Å². The van der Waals surface area contributed by atoms with Crippen molar-refractivity contribution in [3.63, 3.8) is 0 Å². The summed E-state index contributed by atoms with van der Waals surface area (Å²) in [4.78, 5) is 22.0. The first-order chi connectivity index (χ1) is 17.9. The number of hydrogen-bond donors (Lipinski definition) is 4. The number of imidazole rings is 1. The summed E-state index contributed by atoms with van der Waals surface area (Å²) in [7, 11) is -3.54. The predicted molar refractivity (Wildman–Crippen MR) is 142 cm³/mol. The van der Waals surface area contributed by atoms with Crippen LogP contribution in [0.4, 0.5) is 17.3 Å². The number of aromatic amines is 2. The smallest absolute Gasteiger partial charge is 0.323 e. The van der Waals surface area contributed by atoms with Crippen LogP contribution in [-0.4, -0.2) is 56.9 Å². The average Bonchev–Trinajstić information content (AvgIpc) is 3.22. The van der Waals surface area contributed by atoms with E-state index in [0.29, 0.717) is 52.4 Å². The molecule has 37 heavy (non-hydrogen) atoms. The SMILES string of the molecule is C=c1[nH]c(=O)[nH]/c1=C\c1cnn2c(NCC3CC3)cc(Nc3cccc(S(=O)(=O)N4CCCC4)c3)nc12. The Hall–Kier alpha value is -3.90. The Kier molecular flexibility index (Phi) is 5.84. The standard InChI is InChI=1S/C25H28N8O3S/c1-16-21(30-25(34)28-16)11-18-15-27-33-23(26-14-17-7-8-17)13-22(31-24(18)33)29-19-5-4-6-20(12-19)37(35,36)32-9-2-3-10-32/h4-6,11-13,15,17,26H,1-3,7-10,14H2,(H,29,31)(H2,28,30,34)/b21-11-. The molecular weight excluding hydrogens is 492 g/mol. The lowest BCUT2D eigenvalue weighted by Gasteiger charge is -2.16. The number of benzene rings is 1. The monoisotopic (exact) mass is 520 g/mol. The number of rotatable bonds is 8. The van der Waals surface area contributed by atoms with E-state index in [-0.39, 0.29) is 10.6 Å². The quantitative estimate of drug-likeness (QED) is 0.275. The van der Waals surface area contributed by atoms with Crippen LogP contribution in [0, 0.1) is 5.92 Å². The van der Waals surface area contributed by atoms with Gasteiger partial charge in [-0.2, -0.15) is 13.9 Å². The van der Waals surface area contributed by atoms with Crippen molar-refractivity contribution < 1.29 is 8.42 Å². The first-order valence-corrected chi connectivity index (χ1v) is 13.8. The molecule has 192 valence electrons. The maximum absolute atomic E-state index is 13.1. The molecule has 0 bridgehead atoms. The molecule has 1 aliphatic carbocycles. The summed E-state index contributed by atoms with van der Waals surface area (Å²) < 4.78 is 29.4. The Morgan fingerprint density at radius 3 is 2.70 bits per heavy atom. The van der Waals surface area contributed by atoms with E-state index < -0.39 is 10.0 Å². The van der Waals surface area contributed by atoms with E-state index in [1.807, 2.05) is 12.1 Å². The van der Waals surface area contributed by atoms with Gasteiger partial charge in [-0.05, 0) is 55.9 Å².